The lowest BCUT2D eigenvalue weighted by atomic mass is 10.1. The maximum absolute atomic E-state index is 12.6. The molecule has 3 heterocycles. The summed E-state index contributed by atoms with van der Waals surface area (Å²) in [5.41, 5.74) is -0.340. The molecular formula is C19H26N4O5. The molecule has 3 rings (SSSR count). The molecule has 2 aromatic rings. The number of morpholine rings is 1. The van der Waals surface area contributed by atoms with Crippen molar-refractivity contribution in [1.82, 2.24) is 14.9 Å². The number of aromatic amines is 1. The first-order valence-electron chi connectivity index (χ1n) is 9.76. The number of aromatic nitrogens is 2. The van der Waals surface area contributed by atoms with Crippen LogP contribution < -0.4 is 16.0 Å². The summed E-state index contributed by atoms with van der Waals surface area (Å²) in [5.74, 6) is 0.770. The summed E-state index contributed by atoms with van der Waals surface area (Å²) in [4.78, 5) is 38.6. The highest BCUT2D eigenvalue weighted by atomic mass is 16.6. The van der Waals surface area contributed by atoms with E-state index in [1.165, 1.54) is 6.07 Å². The van der Waals surface area contributed by atoms with E-state index in [4.69, 9.17) is 14.0 Å². The van der Waals surface area contributed by atoms with Gasteiger partial charge < -0.3 is 18.9 Å². The van der Waals surface area contributed by atoms with Gasteiger partial charge in [0, 0.05) is 25.6 Å². The maximum atomic E-state index is 12.6. The van der Waals surface area contributed by atoms with Gasteiger partial charge in [-0.05, 0) is 24.8 Å². The topological polar surface area (TPSA) is 110 Å². The number of nitrogens with zero attached hydrogens (tertiary/aromatic N) is 3. The van der Waals surface area contributed by atoms with Crippen LogP contribution in [0.1, 0.15) is 45.1 Å². The average Bonchev–Trinajstić information content (AvgIpc) is 2.69. The highest BCUT2D eigenvalue weighted by molar-refractivity contribution is 5.82. The van der Waals surface area contributed by atoms with Gasteiger partial charge in [0.15, 0.2) is 0 Å². The van der Waals surface area contributed by atoms with Crippen LogP contribution in [0.5, 0.6) is 6.01 Å². The van der Waals surface area contributed by atoms with Crippen molar-refractivity contribution in [2.75, 3.05) is 26.3 Å². The molecule has 9 nitrogen and oxygen atoms in total. The number of hydrogen-bond donors (Lipinski definition) is 1. The van der Waals surface area contributed by atoms with Crippen LogP contribution in [-0.4, -0.2) is 47.0 Å². The van der Waals surface area contributed by atoms with Gasteiger partial charge in [-0.3, -0.25) is 9.78 Å². The molecule has 1 N–H and O–H groups in total. The van der Waals surface area contributed by atoms with Crippen LogP contribution in [-0.2, 0) is 11.2 Å². The molecule has 0 atom stereocenters. The first-order chi connectivity index (χ1) is 13.6. The van der Waals surface area contributed by atoms with E-state index in [1.54, 1.807) is 0 Å². The van der Waals surface area contributed by atoms with Crippen molar-refractivity contribution in [3.63, 3.8) is 0 Å². The van der Waals surface area contributed by atoms with E-state index in [2.05, 4.69) is 26.9 Å². The van der Waals surface area contributed by atoms with Gasteiger partial charge in [0.2, 0.25) is 5.71 Å². The number of unbranched alkanes of at least 4 members (excludes halogenated alkanes) is 1. The third-order valence-corrected chi connectivity index (χ3v) is 4.56. The van der Waals surface area contributed by atoms with Crippen molar-refractivity contribution in [2.24, 2.45) is 5.16 Å². The summed E-state index contributed by atoms with van der Waals surface area (Å²) < 4.78 is 10.5. The van der Waals surface area contributed by atoms with Crippen molar-refractivity contribution >= 4 is 16.9 Å². The molecule has 1 aliphatic rings. The molecule has 152 valence electrons. The summed E-state index contributed by atoms with van der Waals surface area (Å²) in [5, 5.41) is 4.47. The summed E-state index contributed by atoms with van der Waals surface area (Å²) in [7, 11) is 0. The lowest BCUT2D eigenvalue weighted by molar-refractivity contribution is 0.0657. The van der Waals surface area contributed by atoms with Crippen molar-refractivity contribution in [3.05, 3.63) is 32.4 Å². The van der Waals surface area contributed by atoms with Gasteiger partial charge in [-0.2, -0.15) is 4.98 Å². The molecule has 0 spiro atoms. The lowest BCUT2D eigenvalue weighted by Crippen LogP contribution is -2.41. The van der Waals surface area contributed by atoms with Crippen molar-refractivity contribution in [2.45, 2.75) is 46.0 Å². The molecule has 28 heavy (non-hydrogen) atoms. The molecule has 0 radical (unpaired) electrons. The van der Waals surface area contributed by atoms with E-state index in [0.717, 1.165) is 44.6 Å². The minimum absolute atomic E-state index is 0.0315. The number of hydrogen-bond acceptors (Lipinski definition) is 7. The number of ether oxygens (including phenoxy) is 1. The van der Waals surface area contributed by atoms with Gasteiger partial charge in [-0.15, -0.1) is 0 Å². The highest BCUT2D eigenvalue weighted by Gasteiger charge is 2.17. The molecular weight excluding hydrogens is 364 g/mol. The van der Waals surface area contributed by atoms with E-state index in [0.29, 0.717) is 25.2 Å². The van der Waals surface area contributed by atoms with Crippen molar-refractivity contribution in [3.8, 4) is 6.01 Å². The van der Waals surface area contributed by atoms with Crippen LogP contribution in [0.25, 0.3) is 11.1 Å². The van der Waals surface area contributed by atoms with Crippen LogP contribution in [0.2, 0.25) is 0 Å². The minimum atomic E-state index is -0.536. The maximum Gasteiger partial charge on any atom is 0.337 e. The SMILES string of the molecule is CCCCc1cc(=O)oc2nc(ON=C(CCC)N3CCOCC3)[nH]c(=O)c12. The Balaban J connectivity index is 1.90. The lowest BCUT2D eigenvalue weighted by Gasteiger charge is -2.29. The number of H-pyrrole nitrogens is 1. The fourth-order valence-electron chi connectivity index (χ4n) is 3.14. The summed E-state index contributed by atoms with van der Waals surface area (Å²) in [6, 6.07) is 1.25. The fourth-order valence-corrected chi connectivity index (χ4v) is 3.14. The second-order valence-corrected chi connectivity index (χ2v) is 6.69. The Morgan fingerprint density at radius 1 is 1.29 bits per heavy atom. The monoisotopic (exact) mass is 390 g/mol. The van der Waals surface area contributed by atoms with Crippen molar-refractivity contribution in [1.29, 1.82) is 0 Å². The molecule has 0 saturated carbocycles. The summed E-state index contributed by atoms with van der Waals surface area (Å²) in [6.45, 7) is 6.85. The van der Waals surface area contributed by atoms with Gasteiger partial charge in [0.05, 0.1) is 13.2 Å². The molecule has 9 heteroatoms. The number of oxime groups is 1. The second kappa shape index (κ2) is 9.50. The van der Waals surface area contributed by atoms with E-state index in [9.17, 15) is 9.59 Å². The van der Waals surface area contributed by atoms with E-state index in [-0.39, 0.29) is 17.1 Å². The Labute approximate surface area is 162 Å². The molecule has 0 bridgehead atoms. The Hall–Kier alpha value is -2.68. The summed E-state index contributed by atoms with van der Waals surface area (Å²) in [6.07, 6.45) is 4.05. The number of rotatable bonds is 7. The van der Waals surface area contributed by atoms with E-state index in [1.807, 2.05) is 6.92 Å². The zero-order valence-corrected chi connectivity index (χ0v) is 16.3. The average molecular weight is 390 g/mol. The predicted molar refractivity (Wildman–Crippen MR) is 105 cm³/mol. The minimum Gasteiger partial charge on any atom is -0.403 e. The van der Waals surface area contributed by atoms with Crippen LogP contribution in [0.4, 0.5) is 0 Å². The fraction of sp³-hybridized carbons (Fsp3) is 0.579. The van der Waals surface area contributed by atoms with Gasteiger partial charge in [-0.1, -0.05) is 25.4 Å². The second-order valence-electron chi connectivity index (χ2n) is 6.69. The molecule has 0 aliphatic carbocycles. The number of aryl methyl sites for hydroxylation is 1. The van der Waals surface area contributed by atoms with E-state index < -0.39 is 11.2 Å². The largest absolute Gasteiger partial charge is 0.403 e. The number of nitrogens with one attached hydrogen (secondary N) is 1. The third kappa shape index (κ3) is 4.78. The van der Waals surface area contributed by atoms with Gasteiger partial charge >= 0.3 is 11.6 Å². The molecule has 1 fully saturated rings. The molecule has 1 aliphatic heterocycles. The molecule has 2 aromatic heterocycles. The normalized spacial score (nSPS) is 15.2. The van der Waals surface area contributed by atoms with Gasteiger partial charge in [-0.25, -0.2) is 4.79 Å². The Morgan fingerprint density at radius 3 is 2.79 bits per heavy atom. The predicted octanol–water partition coefficient (Wildman–Crippen LogP) is 2.04. The smallest absolute Gasteiger partial charge is 0.337 e. The van der Waals surface area contributed by atoms with Crippen molar-refractivity contribution < 1.29 is 14.0 Å². The van der Waals surface area contributed by atoms with E-state index >= 15 is 0 Å². The number of amidine groups is 1. The molecule has 0 amide bonds. The first-order valence-corrected chi connectivity index (χ1v) is 9.76. The van der Waals surface area contributed by atoms with Gasteiger partial charge in [0.25, 0.3) is 5.56 Å². The molecule has 0 unspecified atom stereocenters. The Bertz CT molecular complexity index is 943. The van der Waals surface area contributed by atoms with Crippen LogP contribution >= 0.6 is 0 Å². The standard InChI is InChI=1S/C19H26N4O5/c1-3-5-7-13-12-15(24)27-18-16(13)17(25)20-19(21-18)28-22-14(6-4-2)23-8-10-26-11-9-23/h12H,3-11H2,1-2H3,(H,20,21,25). The molecule has 0 aromatic carbocycles. The van der Waals surface area contributed by atoms with Crippen LogP contribution in [0.3, 0.4) is 0 Å². The third-order valence-electron chi connectivity index (χ3n) is 4.56. The zero-order chi connectivity index (χ0) is 19.9. The van der Waals surface area contributed by atoms with Crippen LogP contribution in [0.15, 0.2) is 25.2 Å². The van der Waals surface area contributed by atoms with Crippen LogP contribution in [0, 0.1) is 0 Å². The zero-order valence-electron chi connectivity index (χ0n) is 16.3. The molecule has 1 saturated heterocycles. The number of fused-ring (bicyclic) bond motifs is 1. The Kier molecular flexibility index (Phi) is 6.80. The highest BCUT2D eigenvalue weighted by Crippen LogP contribution is 2.15. The quantitative estimate of drug-likeness (QED) is 0.438. The first kappa shape index (κ1) is 20.1. The Morgan fingerprint density at radius 2 is 2.07 bits per heavy atom. The van der Waals surface area contributed by atoms with Gasteiger partial charge in [0.1, 0.15) is 11.2 Å². The summed E-state index contributed by atoms with van der Waals surface area (Å²) >= 11 is 0.